The highest BCUT2D eigenvalue weighted by atomic mass is 32.1. The smallest absolute Gasteiger partial charge is 0.358 e. The fourth-order valence-electron chi connectivity index (χ4n) is 2.52. The Hall–Kier alpha value is -3.03. The molecule has 4 aromatic rings. The van der Waals surface area contributed by atoms with E-state index in [9.17, 15) is 4.79 Å². The van der Waals surface area contributed by atoms with Gasteiger partial charge in [-0.1, -0.05) is 60.7 Å². The van der Waals surface area contributed by atoms with Crippen LogP contribution in [0.25, 0.3) is 10.6 Å². The molecular weight excluding hydrogens is 390 g/mol. The van der Waals surface area contributed by atoms with Gasteiger partial charge in [-0.2, -0.15) is 0 Å². The molecule has 0 spiro atoms. The van der Waals surface area contributed by atoms with E-state index in [1.807, 2.05) is 66.0 Å². The number of carbonyl (C=O) groups is 1. The molecule has 2 aromatic carbocycles. The third-order valence-electron chi connectivity index (χ3n) is 3.92. The molecule has 4 rings (SSSR count). The summed E-state index contributed by atoms with van der Waals surface area (Å²) in [4.78, 5) is 21.1. The first-order valence-electron chi connectivity index (χ1n) is 8.68. The number of ether oxygens (including phenoxy) is 1. The minimum absolute atomic E-state index is 0.131. The number of esters is 1. The number of hydrogen-bond donors (Lipinski definition) is 1. The van der Waals surface area contributed by atoms with Gasteiger partial charge in [0.25, 0.3) is 0 Å². The van der Waals surface area contributed by atoms with Crippen molar-refractivity contribution >= 4 is 33.8 Å². The van der Waals surface area contributed by atoms with Crippen molar-refractivity contribution in [2.24, 2.45) is 0 Å². The third kappa shape index (κ3) is 4.62. The second-order valence-electron chi connectivity index (χ2n) is 5.96. The fraction of sp³-hybridized carbons (Fsp3) is 0.0952. The van der Waals surface area contributed by atoms with Crippen LogP contribution < -0.4 is 5.32 Å². The minimum atomic E-state index is -0.446. The highest BCUT2D eigenvalue weighted by molar-refractivity contribution is 7.14. The van der Waals surface area contributed by atoms with Gasteiger partial charge in [-0.05, 0) is 5.56 Å². The van der Waals surface area contributed by atoms with Crippen LogP contribution in [0.4, 0.5) is 5.13 Å². The zero-order valence-corrected chi connectivity index (χ0v) is 16.5. The first kappa shape index (κ1) is 18.3. The van der Waals surface area contributed by atoms with E-state index in [1.54, 1.807) is 5.38 Å². The van der Waals surface area contributed by atoms with E-state index in [0.29, 0.717) is 17.4 Å². The van der Waals surface area contributed by atoms with Gasteiger partial charge in [0.15, 0.2) is 10.8 Å². The molecule has 1 N–H and O–H groups in total. The number of nitrogens with one attached hydrogen (secondary N) is 1. The van der Waals surface area contributed by atoms with Gasteiger partial charge in [0, 0.05) is 22.9 Å². The van der Waals surface area contributed by atoms with Crippen molar-refractivity contribution in [3.63, 3.8) is 0 Å². The number of anilines is 1. The molecule has 5 nitrogen and oxygen atoms in total. The lowest BCUT2D eigenvalue weighted by molar-refractivity contribution is 0.0462. The van der Waals surface area contributed by atoms with Crippen LogP contribution in [0.2, 0.25) is 0 Å². The van der Waals surface area contributed by atoms with Gasteiger partial charge in [0.2, 0.25) is 0 Å². The number of thiazole rings is 2. The molecular formula is C21H17N3O2S2. The Kier molecular flexibility index (Phi) is 5.75. The van der Waals surface area contributed by atoms with Gasteiger partial charge >= 0.3 is 5.97 Å². The van der Waals surface area contributed by atoms with E-state index in [-0.39, 0.29) is 6.61 Å². The summed E-state index contributed by atoms with van der Waals surface area (Å²) >= 11 is 2.92. The predicted octanol–water partition coefficient (Wildman–Crippen LogP) is 5.24. The molecule has 0 fully saturated rings. The summed E-state index contributed by atoms with van der Waals surface area (Å²) in [7, 11) is 0. The topological polar surface area (TPSA) is 64.1 Å². The second-order valence-corrected chi connectivity index (χ2v) is 7.68. The highest BCUT2D eigenvalue weighted by Gasteiger charge is 2.13. The molecule has 0 atom stereocenters. The summed E-state index contributed by atoms with van der Waals surface area (Å²) in [5, 5.41) is 8.43. The fourth-order valence-corrected chi connectivity index (χ4v) is 4.01. The summed E-state index contributed by atoms with van der Waals surface area (Å²) in [6.07, 6.45) is 0. The highest BCUT2D eigenvalue weighted by Crippen LogP contribution is 2.24. The van der Waals surface area contributed by atoms with Gasteiger partial charge in [0.05, 0.1) is 5.69 Å². The zero-order valence-electron chi connectivity index (χ0n) is 14.9. The number of rotatable bonds is 7. The number of carbonyl (C=O) groups excluding carboxylic acids is 1. The molecule has 140 valence electrons. The average molecular weight is 408 g/mol. The van der Waals surface area contributed by atoms with Crippen LogP contribution in [-0.2, 0) is 17.9 Å². The summed E-state index contributed by atoms with van der Waals surface area (Å²) in [5.41, 5.74) is 3.24. The number of nitrogens with zero attached hydrogens (tertiary/aromatic N) is 2. The molecule has 7 heteroatoms. The van der Waals surface area contributed by atoms with Crippen LogP contribution in [-0.4, -0.2) is 15.9 Å². The number of aromatic nitrogens is 2. The Morgan fingerprint density at radius 3 is 2.46 bits per heavy atom. The quantitative estimate of drug-likeness (QED) is 0.425. The van der Waals surface area contributed by atoms with Gasteiger partial charge in [0.1, 0.15) is 11.6 Å². The molecule has 0 aliphatic heterocycles. The van der Waals surface area contributed by atoms with E-state index < -0.39 is 5.97 Å². The third-order valence-corrected chi connectivity index (χ3v) is 5.66. The number of hydrogen-bond acceptors (Lipinski definition) is 7. The van der Waals surface area contributed by atoms with Crippen LogP contribution in [0.3, 0.4) is 0 Å². The minimum Gasteiger partial charge on any atom is -0.454 e. The molecule has 2 aromatic heterocycles. The molecule has 0 saturated carbocycles. The van der Waals surface area contributed by atoms with Crippen molar-refractivity contribution in [1.29, 1.82) is 0 Å². The summed E-state index contributed by atoms with van der Waals surface area (Å²) in [5.74, 6) is -0.446. The Morgan fingerprint density at radius 1 is 0.929 bits per heavy atom. The van der Waals surface area contributed by atoms with E-state index in [4.69, 9.17) is 4.74 Å². The Bertz CT molecular complexity index is 1050. The standard InChI is InChI=1S/C21H17N3O2S2/c25-20(18-14-28-21(24-18)22-11-15-7-3-1-4-8-15)26-12-17-13-27-19(23-17)16-9-5-2-6-10-16/h1-10,13-14H,11-12H2,(H,22,24). The van der Waals surface area contributed by atoms with E-state index >= 15 is 0 Å². The van der Waals surface area contributed by atoms with E-state index in [0.717, 1.165) is 21.8 Å². The number of benzene rings is 2. The van der Waals surface area contributed by atoms with E-state index in [2.05, 4.69) is 15.3 Å². The maximum absolute atomic E-state index is 12.3. The molecule has 0 unspecified atom stereocenters. The van der Waals surface area contributed by atoms with E-state index in [1.165, 1.54) is 22.7 Å². The van der Waals surface area contributed by atoms with Crippen molar-refractivity contribution in [2.75, 3.05) is 5.32 Å². The maximum atomic E-state index is 12.3. The van der Waals surface area contributed by atoms with Gasteiger partial charge in [-0.15, -0.1) is 22.7 Å². The largest absolute Gasteiger partial charge is 0.454 e. The van der Waals surface area contributed by atoms with Crippen LogP contribution >= 0.6 is 22.7 Å². The molecule has 0 radical (unpaired) electrons. The van der Waals surface area contributed by atoms with Gasteiger partial charge < -0.3 is 10.1 Å². The van der Waals surface area contributed by atoms with Crippen molar-refractivity contribution in [3.8, 4) is 10.6 Å². The predicted molar refractivity (Wildman–Crippen MR) is 113 cm³/mol. The molecule has 2 heterocycles. The summed E-state index contributed by atoms with van der Waals surface area (Å²) in [6, 6.07) is 20.0. The SMILES string of the molecule is O=C(OCc1csc(-c2ccccc2)n1)c1csc(NCc2ccccc2)n1. The van der Waals surface area contributed by atoms with Gasteiger partial charge in [-0.3, -0.25) is 0 Å². The van der Waals surface area contributed by atoms with Crippen molar-refractivity contribution in [1.82, 2.24) is 9.97 Å². The Morgan fingerprint density at radius 2 is 1.68 bits per heavy atom. The van der Waals surface area contributed by atoms with Crippen molar-refractivity contribution in [3.05, 3.63) is 88.4 Å². The van der Waals surface area contributed by atoms with Crippen molar-refractivity contribution < 1.29 is 9.53 Å². The summed E-state index contributed by atoms with van der Waals surface area (Å²) in [6.45, 7) is 0.788. The molecule has 0 aliphatic rings. The lowest BCUT2D eigenvalue weighted by Gasteiger charge is -2.02. The first-order chi connectivity index (χ1) is 13.8. The monoisotopic (exact) mass is 407 g/mol. The van der Waals surface area contributed by atoms with Crippen LogP contribution in [0.5, 0.6) is 0 Å². The molecule has 0 bridgehead atoms. The van der Waals surface area contributed by atoms with Crippen LogP contribution in [0.1, 0.15) is 21.7 Å². The molecule has 0 saturated heterocycles. The molecule has 28 heavy (non-hydrogen) atoms. The van der Waals surface area contributed by atoms with Crippen LogP contribution in [0, 0.1) is 0 Å². The van der Waals surface area contributed by atoms with Crippen LogP contribution in [0.15, 0.2) is 71.4 Å². The second kappa shape index (κ2) is 8.77. The average Bonchev–Trinajstić information content (AvgIpc) is 3.42. The normalized spacial score (nSPS) is 10.6. The maximum Gasteiger partial charge on any atom is 0.358 e. The molecule has 0 aliphatic carbocycles. The molecule has 0 amide bonds. The van der Waals surface area contributed by atoms with Gasteiger partial charge in [-0.25, -0.2) is 14.8 Å². The Labute approximate surface area is 170 Å². The zero-order chi connectivity index (χ0) is 19.2. The summed E-state index contributed by atoms with van der Waals surface area (Å²) < 4.78 is 5.36. The Balaban J connectivity index is 1.31. The lowest BCUT2D eigenvalue weighted by atomic mass is 10.2. The first-order valence-corrected chi connectivity index (χ1v) is 10.4. The lowest BCUT2D eigenvalue weighted by Crippen LogP contribution is -2.06. The van der Waals surface area contributed by atoms with Crippen molar-refractivity contribution in [2.45, 2.75) is 13.2 Å².